The smallest absolute Gasteiger partial charge is 0.341 e. The van der Waals surface area contributed by atoms with E-state index >= 15 is 0 Å². The molecule has 0 aliphatic carbocycles. The summed E-state index contributed by atoms with van der Waals surface area (Å²) >= 11 is 0. The van der Waals surface area contributed by atoms with E-state index in [1.54, 1.807) is 18.2 Å². The highest BCUT2D eigenvalue weighted by molar-refractivity contribution is 5.68. The molecule has 4 aromatic carbocycles. The van der Waals surface area contributed by atoms with Crippen LogP contribution in [0.4, 0.5) is 0 Å². The van der Waals surface area contributed by atoms with Crippen LogP contribution in [0.5, 0.6) is 11.5 Å². The molecule has 0 saturated carbocycles. The Morgan fingerprint density at radius 2 is 1.00 bits per heavy atom. The van der Waals surface area contributed by atoms with Crippen molar-refractivity contribution in [2.75, 3.05) is 13.2 Å². The van der Waals surface area contributed by atoms with Crippen molar-refractivity contribution in [2.24, 2.45) is 0 Å². The minimum atomic E-state index is -1.03. The summed E-state index contributed by atoms with van der Waals surface area (Å²) < 4.78 is 11.6. The Labute approximate surface area is 194 Å². The Morgan fingerprint density at radius 1 is 0.606 bits per heavy atom. The van der Waals surface area contributed by atoms with E-state index in [1.807, 2.05) is 24.3 Å². The molecule has 4 heteroatoms. The lowest BCUT2D eigenvalue weighted by Gasteiger charge is -2.36. The third-order valence-electron chi connectivity index (χ3n) is 5.73. The molecule has 0 amide bonds. The van der Waals surface area contributed by atoms with Gasteiger partial charge in [0, 0.05) is 5.41 Å². The average Bonchev–Trinajstić information content (AvgIpc) is 2.87. The van der Waals surface area contributed by atoms with Gasteiger partial charge in [-0.3, -0.25) is 0 Å². The Morgan fingerprint density at radius 3 is 1.42 bits per heavy atom. The summed E-state index contributed by atoms with van der Waals surface area (Å²) in [5.41, 5.74) is 3.13. The van der Waals surface area contributed by atoms with Crippen molar-refractivity contribution in [2.45, 2.75) is 11.8 Å². The second kappa shape index (κ2) is 10.5. The van der Waals surface area contributed by atoms with E-state index in [1.165, 1.54) is 16.7 Å². The Bertz CT molecular complexity index is 1060. The van der Waals surface area contributed by atoms with E-state index in [0.29, 0.717) is 24.5 Å². The molecule has 0 fully saturated rings. The van der Waals surface area contributed by atoms with Crippen LogP contribution in [-0.4, -0.2) is 24.3 Å². The van der Waals surface area contributed by atoms with E-state index in [-0.39, 0.29) is 0 Å². The molecule has 4 nitrogen and oxygen atoms in total. The van der Waals surface area contributed by atoms with E-state index in [9.17, 15) is 4.79 Å². The molecule has 1 N–H and O–H groups in total. The van der Waals surface area contributed by atoms with Crippen molar-refractivity contribution in [3.63, 3.8) is 0 Å². The molecule has 33 heavy (non-hydrogen) atoms. The van der Waals surface area contributed by atoms with Crippen molar-refractivity contribution >= 4 is 5.97 Å². The van der Waals surface area contributed by atoms with Crippen molar-refractivity contribution in [1.29, 1.82) is 0 Å². The zero-order valence-electron chi connectivity index (χ0n) is 18.3. The number of aliphatic carboxylic acids is 1. The van der Waals surface area contributed by atoms with Crippen LogP contribution in [0, 0.1) is 0 Å². The van der Waals surface area contributed by atoms with E-state index in [2.05, 4.69) is 72.8 Å². The molecule has 0 bridgehead atoms. The minimum Gasteiger partial charge on any atom is -0.490 e. The number of carboxylic acid groups (broad SMARTS) is 1. The number of benzene rings is 4. The summed E-state index contributed by atoms with van der Waals surface area (Å²) in [5, 5.41) is 8.96. The van der Waals surface area contributed by atoms with E-state index in [0.717, 1.165) is 0 Å². The quantitative estimate of drug-likeness (QED) is 0.311. The van der Waals surface area contributed by atoms with E-state index in [4.69, 9.17) is 14.6 Å². The molecule has 0 radical (unpaired) electrons. The summed E-state index contributed by atoms with van der Waals surface area (Å²) in [7, 11) is 0. The molecule has 0 unspecified atom stereocenters. The summed E-state index contributed by atoms with van der Waals surface area (Å²) in [6.07, 6.45) is 0.679. The predicted molar refractivity (Wildman–Crippen MR) is 129 cm³/mol. The van der Waals surface area contributed by atoms with Crippen molar-refractivity contribution in [1.82, 2.24) is 0 Å². The van der Waals surface area contributed by atoms with Crippen molar-refractivity contribution in [3.8, 4) is 11.5 Å². The van der Waals surface area contributed by atoms with Gasteiger partial charge in [0.2, 0.25) is 0 Å². The monoisotopic (exact) mass is 438 g/mol. The first-order valence-electron chi connectivity index (χ1n) is 10.9. The van der Waals surface area contributed by atoms with Crippen LogP contribution in [0.1, 0.15) is 23.1 Å². The van der Waals surface area contributed by atoms with Crippen LogP contribution >= 0.6 is 0 Å². The van der Waals surface area contributed by atoms with Crippen molar-refractivity contribution < 1.29 is 19.4 Å². The maximum absolute atomic E-state index is 10.9. The zero-order chi connectivity index (χ0) is 22.9. The molecule has 0 saturated heterocycles. The second-order valence-electron chi connectivity index (χ2n) is 7.73. The van der Waals surface area contributed by atoms with Crippen LogP contribution in [0.3, 0.4) is 0 Å². The fraction of sp³-hybridized carbons (Fsp3) is 0.138. The van der Waals surface area contributed by atoms with Crippen LogP contribution in [-0.2, 0) is 10.2 Å². The molecule has 4 rings (SSSR count). The van der Waals surface area contributed by atoms with Gasteiger partial charge >= 0.3 is 5.97 Å². The van der Waals surface area contributed by atoms with Gasteiger partial charge < -0.3 is 14.6 Å². The lowest BCUT2D eigenvalue weighted by Crippen LogP contribution is -2.31. The highest BCUT2D eigenvalue weighted by Gasteiger charge is 2.36. The lowest BCUT2D eigenvalue weighted by atomic mass is 9.67. The largest absolute Gasteiger partial charge is 0.490 e. The van der Waals surface area contributed by atoms with Crippen LogP contribution in [0.25, 0.3) is 0 Å². The molecule has 0 spiro atoms. The molecular weight excluding hydrogens is 412 g/mol. The first kappa shape index (κ1) is 22.2. The third kappa shape index (κ3) is 5.07. The zero-order valence-corrected chi connectivity index (χ0v) is 18.3. The van der Waals surface area contributed by atoms with Crippen LogP contribution in [0.15, 0.2) is 115 Å². The minimum absolute atomic E-state index is 0.409. The van der Waals surface area contributed by atoms with Crippen LogP contribution in [0.2, 0.25) is 0 Å². The maximum atomic E-state index is 10.9. The summed E-state index contributed by atoms with van der Waals surface area (Å²) in [6, 6.07) is 38.5. The Balaban J connectivity index is 1.70. The summed E-state index contributed by atoms with van der Waals surface area (Å²) in [6.45, 7) is -0.00547. The molecule has 0 aliphatic rings. The number of rotatable bonds is 10. The number of hydrogen-bond acceptors (Lipinski definition) is 3. The molecule has 4 aromatic rings. The fourth-order valence-electron chi connectivity index (χ4n) is 4.24. The maximum Gasteiger partial charge on any atom is 0.341 e. The van der Waals surface area contributed by atoms with Gasteiger partial charge in [-0.2, -0.15) is 0 Å². The van der Waals surface area contributed by atoms with E-state index < -0.39 is 18.0 Å². The molecule has 166 valence electrons. The van der Waals surface area contributed by atoms with Crippen molar-refractivity contribution in [3.05, 3.63) is 132 Å². The first-order valence-corrected chi connectivity index (χ1v) is 10.9. The number of hydrogen-bond donors (Lipinski definition) is 1. The number of para-hydroxylation sites is 2. The standard InChI is InChI=1S/C29H26O4/c30-28(31)22-33-27-19-11-10-18-26(27)32-21-20-29(23-12-4-1-5-13-23,24-14-6-2-7-15-24)25-16-8-3-9-17-25/h1-19H,20-22H2,(H,30,31). The van der Waals surface area contributed by atoms with Gasteiger partial charge in [0.05, 0.1) is 6.61 Å². The number of ether oxygens (including phenoxy) is 2. The van der Waals surface area contributed by atoms with Gasteiger partial charge in [-0.05, 0) is 35.2 Å². The fourth-order valence-corrected chi connectivity index (χ4v) is 4.24. The molecule has 0 aliphatic heterocycles. The predicted octanol–water partition coefficient (Wildman–Crippen LogP) is 5.95. The number of carboxylic acids is 1. The summed E-state index contributed by atoms with van der Waals surface area (Å²) in [4.78, 5) is 10.9. The number of carbonyl (C=O) groups is 1. The first-order chi connectivity index (χ1) is 16.2. The van der Waals surface area contributed by atoms with Gasteiger partial charge in [0.15, 0.2) is 18.1 Å². The molecule has 0 aromatic heterocycles. The van der Waals surface area contributed by atoms with Gasteiger partial charge in [0.1, 0.15) is 0 Å². The lowest BCUT2D eigenvalue weighted by molar-refractivity contribution is -0.139. The molecular formula is C29H26O4. The Hall–Kier alpha value is -4.05. The molecule has 0 atom stereocenters. The second-order valence-corrected chi connectivity index (χ2v) is 7.73. The average molecular weight is 439 g/mol. The highest BCUT2D eigenvalue weighted by atomic mass is 16.5. The Kier molecular flexibility index (Phi) is 7.06. The van der Waals surface area contributed by atoms with Gasteiger partial charge in [-0.15, -0.1) is 0 Å². The van der Waals surface area contributed by atoms with Gasteiger partial charge in [0.25, 0.3) is 0 Å². The molecule has 0 heterocycles. The summed E-state index contributed by atoms with van der Waals surface area (Å²) in [5.74, 6) is -0.0764. The third-order valence-corrected chi connectivity index (χ3v) is 5.73. The SMILES string of the molecule is O=C(O)COc1ccccc1OCCC(c1ccccc1)(c1ccccc1)c1ccccc1. The topological polar surface area (TPSA) is 55.8 Å². The van der Waals surface area contributed by atoms with Gasteiger partial charge in [-0.1, -0.05) is 103 Å². The highest BCUT2D eigenvalue weighted by Crippen LogP contribution is 2.42. The van der Waals surface area contributed by atoms with Gasteiger partial charge in [-0.25, -0.2) is 4.79 Å². The van der Waals surface area contributed by atoms with Crippen LogP contribution < -0.4 is 9.47 Å². The normalized spacial score (nSPS) is 11.0.